The van der Waals surface area contributed by atoms with E-state index in [0.717, 1.165) is 0 Å². The van der Waals surface area contributed by atoms with Gasteiger partial charge in [0.05, 0.1) is 5.25 Å². The number of hydrogen-bond acceptors (Lipinski definition) is 2. The maximum absolute atomic E-state index is 12.5. The Morgan fingerprint density at radius 2 is 1.90 bits per heavy atom. The highest BCUT2D eigenvalue weighted by Gasteiger charge is 2.67. The molecule has 2 nitrogen and oxygen atoms in total. The van der Waals surface area contributed by atoms with E-state index in [2.05, 4.69) is 0 Å². The Hall–Kier alpha value is -0.190. The van der Waals surface area contributed by atoms with Crippen LogP contribution in [0, 0.1) is 0 Å². The Labute approximate surface area is 57.1 Å². The number of rotatable bonds is 0. The Bertz CT molecular complexity index is 257. The summed E-state index contributed by atoms with van der Waals surface area (Å²) in [5.41, 5.74) is 0. The summed E-state index contributed by atoms with van der Waals surface area (Å²) in [7, 11) is -3.38. The molecule has 0 amide bonds. The average molecular weight is 168 g/mol. The van der Waals surface area contributed by atoms with E-state index in [-0.39, 0.29) is 6.42 Å². The summed E-state index contributed by atoms with van der Waals surface area (Å²) < 4.78 is 46.5. The zero-order valence-corrected chi connectivity index (χ0v) is 5.81. The van der Waals surface area contributed by atoms with Crippen molar-refractivity contribution in [3.63, 3.8) is 0 Å². The molecule has 0 spiro atoms. The molecule has 2 saturated heterocycles. The molecule has 4 atom stereocenters. The minimum absolute atomic E-state index is 0.131. The van der Waals surface area contributed by atoms with E-state index in [1.165, 1.54) is 0 Å². The highest BCUT2D eigenvalue weighted by Crippen LogP contribution is 2.47. The van der Waals surface area contributed by atoms with Crippen molar-refractivity contribution in [1.29, 1.82) is 0 Å². The van der Waals surface area contributed by atoms with Crippen molar-refractivity contribution in [3.8, 4) is 0 Å². The number of fused-ring (bicyclic) bond motifs is 1. The second-order valence-electron chi connectivity index (χ2n) is 2.79. The van der Waals surface area contributed by atoms with Gasteiger partial charge in [-0.05, 0) is 6.42 Å². The summed E-state index contributed by atoms with van der Waals surface area (Å²) in [6.07, 6.45) is -3.02. The first-order chi connectivity index (χ1) is 4.55. The first-order valence-corrected chi connectivity index (χ1v) is 4.67. The van der Waals surface area contributed by atoms with Gasteiger partial charge in [0, 0.05) is 0 Å². The lowest BCUT2D eigenvalue weighted by Gasteiger charge is -2.28. The maximum atomic E-state index is 12.5. The molecule has 1 aliphatic carbocycles. The molecule has 4 unspecified atom stereocenters. The van der Waals surface area contributed by atoms with Crippen LogP contribution in [0.25, 0.3) is 0 Å². The highest BCUT2D eigenvalue weighted by atomic mass is 32.2. The Kier molecular flexibility index (Phi) is 0.990. The normalized spacial score (nSPS) is 56.2. The SMILES string of the molecule is O=S1(=O)C2CC(F)C1C2F. The van der Waals surface area contributed by atoms with Crippen molar-refractivity contribution in [2.24, 2.45) is 0 Å². The molecule has 0 aromatic carbocycles. The smallest absolute Gasteiger partial charge is 0.164 e. The molecule has 58 valence electrons. The minimum atomic E-state index is -3.38. The topological polar surface area (TPSA) is 34.1 Å². The fourth-order valence-electron chi connectivity index (χ4n) is 1.71. The van der Waals surface area contributed by atoms with Crippen LogP contribution in [0.15, 0.2) is 0 Å². The van der Waals surface area contributed by atoms with E-state index in [9.17, 15) is 17.2 Å². The van der Waals surface area contributed by atoms with Gasteiger partial charge in [0.1, 0.15) is 17.6 Å². The fraction of sp³-hybridized carbons (Fsp3) is 1.00. The van der Waals surface area contributed by atoms with Crippen LogP contribution >= 0.6 is 0 Å². The predicted molar refractivity (Wildman–Crippen MR) is 30.9 cm³/mol. The molecule has 0 radical (unpaired) electrons. The molecule has 3 aliphatic rings. The van der Waals surface area contributed by atoms with E-state index < -0.39 is 32.7 Å². The molecule has 10 heavy (non-hydrogen) atoms. The zero-order chi connectivity index (χ0) is 7.52. The summed E-state index contributed by atoms with van der Waals surface area (Å²) in [5, 5.41) is -2.34. The standard InChI is InChI=1S/C5H6F2O2S/c6-2-1-3-4(7)5(2)10(3,8)9/h2-5H,1H2. The molecule has 2 bridgehead atoms. The summed E-state index contributed by atoms with van der Waals surface area (Å²) in [6, 6.07) is 0. The maximum Gasteiger partial charge on any atom is 0.164 e. The quantitative estimate of drug-likeness (QED) is 0.519. The first kappa shape index (κ1) is 6.52. The van der Waals surface area contributed by atoms with Crippen molar-refractivity contribution in [2.75, 3.05) is 0 Å². The van der Waals surface area contributed by atoms with E-state index in [0.29, 0.717) is 0 Å². The van der Waals surface area contributed by atoms with Crippen LogP contribution in [0.2, 0.25) is 0 Å². The molecule has 5 heteroatoms. The van der Waals surface area contributed by atoms with Crippen molar-refractivity contribution in [2.45, 2.75) is 29.3 Å². The fourth-order valence-corrected chi connectivity index (χ4v) is 3.90. The predicted octanol–water partition coefficient (Wildman–Crippen LogP) is 0.232. The van der Waals surface area contributed by atoms with Crippen molar-refractivity contribution >= 4 is 9.84 Å². The summed E-state index contributed by atoms with van der Waals surface area (Å²) in [6.45, 7) is 0. The first-order valence-electron chi connectivity index (χ1n) is 3.06. The Morgan fingerprint density at radius 1 is 1.30 bits per heavy atom. The molecule has 0 N–H and O–H groups in total. The molecule has 3 fully saturated rings. The number of halogens is 2. The third kappa shape index (κ3) is 0.468. The lowest BCUT2D eigenvalue weighted by Crippen LogP contribution is -2.51. The molecule has 0 aromatic rings. The minimum Gasteiger partial charge on any atom is -0.246 e. The highest BCUT2D eigenvalue weighted by molar-refractivity contribution is 7.94. The van der Waals surface area contributed by atoms with Gasteiger partial charge in [0.15, 0.2) is 9.84 Å². The van der Waals surface area contributed by atoms with Gasteiger partial charge in [-0.2, -0.15) is 0 Å². The lowest BCUT2D eigenvalue weighted by molar-refractivity contribution is 0.273. The summed E-state index contributed by atoms with van der Waals surface area (Å²) >= 11 is 0. The summed E-state index contributed by atoms with van der Waals surface area (Å²) in [4.78, 5) is 0. The number of hydrogen-bond donors (Lipinski definition) is 0. The van der Waals surface area contributed by atoms with Crippen LogP contribution < -0.4 is 0 Å². The van der Waals surface area contributed by atoms with Crippen molar-refractivity contribution in [1.82, 2.24) is 0 Å². The van der Waals surface area contributed by atoms with Gasteiger partial charge in [-0.3, -0.25) is 0 Å². The van der Waals surface area contributed by atoms with Crippen LogP contribution in [0.1, 0.15) is 6.42 Å². The molecule has 2 aliphatic heterocycles. The average Bonchev–Trinajstić information content (AvgIpc) is 2.20. The van der Waals surface area contributed by atoms with Gasteiger partial charge < -0.3 is 0 Å². The van der Waals surface area contributed by atoms with Gasteiger partial charge in [0.25, 0.3) is 0 Å². The molecule has 2 heterocycles. The largest absolute Gasteiger partial charge is 0.246 e. The third-order valence-electron chi connectivity index (χ3n) is 2.28. The van der Waals surface area contributed by atoms with Crippen LogP contribution in [-0.4, -0.2) is 31.3 Å². The monoisotopic (exact) mass is 168 g/mol. The second kappa shape index (κ2) is 1.52. The van der Waals surface area contributed by atoms with Gasteiger partial charge in [-0.15, -0.1) is 0 Å². The number of alkyl halides is 2. The molecule has 1 saturated carbocycles. The van der Waals surface area contributed by atoms with E-state index in [4.69, 9.17) is 0 Å². The van der Waals surface area contributed by atoms with Crippen LogP contribution in [0.4, 0.5) is 8.78 Å². The van der Waals surface area contributed by atoms with Gasteiger partial charge in [0.2, 0.25) is 0 Å². The molecule has 0 aromatic heterocycles. The van der Waals surface area contributed by atoms with Gasteiger partial charge in [-0.25, -0.2) is 17.2 Å². The second-order valence-corrected chi connectivity index (χ2v) is 5.12. The molecule has 3 rings (SSSR count). The van der Waals surface area contributed by atoms with Gasteiger partial charge >= 0.3 is 0 Å². The van der Waals surface area contributed by atoms with Crippen LogP contribution in [-0.2, 0) is 9.84 Å². The van der Waals surface area contributed by atoms with Crippen LogP contribution in [0.3, 0.4) is 0 Å². The summed E-state index contributed by atoms with van der Waals surface area (Å²) in [5.74, 6) is 0. The Morgan fingerprint density at radius 3 is 2.00 bits per heavy atom. The lowest BCUT2D eigenvalue weighted by atomic mass is 10.3. The van der Waals surface area contributed by atoms with E-state index in [1.807, 2.05) is 0 Å². The van der Waals surface area contributed by atoms with Crippen molar-refractivity contribution < 1.29 is 17.2 Å². The van der Waals surface area contributed by atoms with Crippen molar-refractivity contribution in [3.05, 3.63) is 0 Å². The third-order valence-corrected chi connectivity index (χ3v) is 4.89. The number of sulfone groups is 1. The zero-order valence-electron chi connectivity index (χ0n) is 5.00. The van der Waals surface area contributed by atoms with Crippen LogP contribution in [0.5, 0.6) is 0 Å². The van der Waals surface area contributed by atoms with Gasteiger partial charge in [-0.1, -0.05) is 0 Å². The van der Waals surface area contributed by atoms with E-state index >= 15 is 0 Å². The van der Waals surface area contributed by atoms with E-state index in [1.54, 1.807) is 0 Å². The Balaban J connectivity index is 2.43. The molecular weight excluding hydrogens is 162 g/mol. The molecular formula is C5H6F2O2S.